The summed E-state index contributed by atoms with van der Waals surface area (Å²) in [4.78, 5) is 26.8. The lowest BCUT2D eigenvalue weighted by Gasteiger charge is -2.48. The SMILES string of the molecule is CNC1(C(C)=O)CN(c2cccc(C)c2)CCN1C(=O)O. The lowest BCUT2D eigenvalue weighted by atomic mass is 9.99. The highest BCUT2D eigenvalue weighted by Gasteiger charge is 2.47. The van der Waals surface area contributed by atoms with Gasteiger partial charge in [0, 0.05) is 18.8 Å². The first-order chi connectivity index (χ1) is 9.90. The van der Waals surface area contributed by atoms with Crippen molar-refractivity contribution in [2.45, 2.75) is 19.5 Å². The molecule has 1 fully saturated rings. The second-order valence-corrected chi connectivity index (χ2v) is 5.36. The zero-order valence-corrected chi connectivity index (χ0v) is 12.6. The van der Waals surface area contributed by atoms with Gasteiger partial charge in [0.1, 0.15) is 0 Å². The number of ketones is 1. The van der Waals surface area contributed by atoms with Gasteiger partial charge in [-0.15, -0.1) is 0 Å². The van der Waals surface area contributed by atoms with Crippen molar-refractivity contribution in [1.29, 1.82) is 0 Å². The molecule has 1 aromatic carbocycles. The topological polar surface area (TPSA) is 72.9 Å². The minimum Gasteiger partial charge on any atom is -0.465 e. The van der Waals surface area contributed by atoms with E-state index in [1.807, 2.05) is 36.1 Å². The maximum absolute atomic E-state index is 12.1. The Morgan fingerprint density at radius 3 is 2.57 bits per heavy atom. The molecule has 1 amide bonds. The number of anilines is 1. The van der Waals surface area contributed by atoms with Crippen LogP contribution in [0, 0.1) is 6.92 Å². The van der Waals surface area contributed by atoms with Gasteiger partial charge in [-0.25, -0.2) is 4.79 Å². The van der Waals surface area contributed by atoms with Crippen molar-refractivity contribution < 1.29 is 14.7 Å². The molecule has 1 heterocycles. The standard InChI is InChI=1S/C15H21N3O3/c1-11-5-4-6-13(9-11)17-7-8-18(14(20)21)15(10-17,16-3)12(2)19/h4-6,9,16H,7-8,10H2,1-3H3,(H,20,21). The number of likely N-dealkylation sites (N-methyl/N-ethyl adjacent to an activating group) is 1. The molecule has 1 unspecified atom stereocenters. The van der Waals surface area contributed by atoms with E-state index in [-0.39, 0.29) is 12.3 Å². The van der Waals surface area contributed by atoms with Crippen molar-refractivity contribution in [3.05, 3.63) is 29.8 Å². The number of carbonyl (C=O) groups excluding carboxylic acids is 1. The zero-order valence-electron chi connectivity index (χ0n) is 12.6. The van der Waals surface area contributed by atoms with Crippen LogP contribution in [0.5, 0.6) is 0 Å². The first kappa shape index (κ1) is 15.3. The highest BCUT2D eigenvalue weighted by atomic mass is 16.4. The Hall–Kier alpha value is -2.08. The van der Waals surface area contributed by atoms with E-state index in [1.165, 1.54) is 11.8 Å². The third-order valence-electron chi connectivity index (χ3n) is 4.07. The van der Waals surface area contributed by atoms with E-state index in [0.717, 1.165) is 11.3 Å². The normalized spacial score (nSPS) is 22.2. The molecule has 1 aliphatic rings. The molecule has 114 valence electrons. The number of hydrogen-bond donors (Lipinski definition) is 2. The number of aryl methyl sites for hydroxylation is 1. The van der Waals surface area contributed by atoms with Gasteiger partial charge in [0.15, 0.2) is 11.4 Å². The zero-order chi connectivity index (χ0) is 15.6. The summed E-state index contributed by atoms with van der Waals surface area (Å²) in [6, 6.07) is 7.98. The van der Waals surface area contributed by atoms with Crippen LogP contribution in [0.1, 0.15) is 12.5 Å². The summed E-state index contributed by atoms with van der Waals surface area (Å²) in [5.41, 5.74) is 0.931. The molecule has 1 saturated heterocycles. The lowest BCUT2D eigenvalue weighted by molar-refractivity contribution is -0.130. The first-order valence-corrected chi connectivity index (χ1v) is 6.93. The van der Waals surface area contributed by atoms with Crippen molar-refractivity contribution in [2.24, 2.45) is 0 Å². The second-order valence-electron chi connectivity index (χ2n) is 5.36. The molecule has 0 saturated carbocycles. The number of hydrogen-bond acceptors (Lipinski definition) is 4. The summed E-state index contributed by atoms with van der Waals surface area (Å²) in [6.45, 7) is 4.57. The predicted octanol–water partition coefficient (Wildman–Crippen LogP) is 1.30. The average Bonchev–Trinajstić information content (AvgIpc) is 2.46. The van der Waals surface area contributed by atoms with Gasteiger partial charge >= 0.3 is 6.09 Å². The number of amides is 1. The third-order valence-corrected chi connectivity index (χ3v) is 4.07. The van der Waals surface area contributed by atoms with Crippen LogP contribution < -0.4 is 10.2 Å². The van der Waals surface area contributed by atoms with Crippen LogP contribution in [0.4, 0.5) is 10.5 Å². The second kappa shape index (κ2) is 5.73. The molecule has 0 radical (unpaired) electrons. The monoisotopic (exact) mass is 291 g/mol. The van der Waals surface area contributed by atoms with Crippen molar-refractivity contribution in [3.63, 3.8) is 0 Å². The molecular weight excluding hydrogens is 270 g/mol. The molecule has 1 aliphatic heterocycles. The fourth-order valence-electron chi connectivity index (χ4n) is 2.85. The summed E-state index contributed by atoms with van der Waals surface area (Å²) in [6.07, 6.45) is -1.08. The summed E-state index contributed by atoms with van der Waals surface area (Å²) in [5, 5.41) is 12.3. The van der Waals surface area contributed by atoms with Gasteiger partial charge in [-0.2, -0.15) is 0 Å². The van der Waals surface area contributed by atoms with Gasteiger partial charge < -0.3 is 10.0 Å². The van der Waals surface area contributed by atoms with E-state index in [4.69, 9.17) is 0 Å². The molecule has 21 heavy (non-hydrogen) atoms. The van der Waals surface area contributed by atoms with Crippen LogP contribution in [-0.2, 0) is 4.79 Å². The van der Waals surface area contributed by atoms with Crippen molar-refractivity contribution in [2.75, 3.05) is 31.6 Å². The largest absolute Gasteiger partial charge is 0.465 e. The van der Waals surface area contributed by atoms with Crippen molar-refractivity contribution in [3.8, 4) is 0 Å². The van der Waals surface area contributed by atoms with E-state index in [2.05, 4.69) is 5.32 Å². The van der Waals surface area contributed by atoms with Crippen molar-refractivity contribution in [1.82, 2.24) is 10.2 Å². The molecule has 0 bridgehead atoms. The number of benzene rings is 1. The number of nitrogens with one attached hydrogen (secondary N) is 1. The average molecular weight is 291 g/mol. The summed E-state index contributed by atoms with van der Waals surface area (Å²) < 4.78 is 0. The molecule has 1 atom stereocenters. The van der Waals surface area contributed by atoms with Gasteiger partial charge in [0.05, 0.1) is 6.54 Å². The van der Waals surface area contributed by atoms with Gasteiger partial charge in [0.25, 0.3) is 0 Å². The molecular formula is C15H21N3O3. The highest BCUT2D eigenvalue weighted by Crippen LogP contribution is 2.25. The fourth-order valence-corrected chi connectivity index (χ4v) is 2.85. The molecule has 6 heteroatoms. The summed E-state index contributed by atoms with van der Waals surface area (Å²) in [5.74, 6) is -0.204. The van der Waals surface area contributed by atoms with Gasteiger partial charge in [-0.3, -0.25) is 15.0 Å². The molecule has 2 N–H and O–H groups in total. The number of nitrogens with zero attached hydrogens (tertiary/aromatic N) is 2. The first-order valence-electron chi connectivity index (χ1n) is 6.93. The van der Waals surface area contributed by atoms with E-state index in [0.29, 0.717) is 13.1 Å². The fraction of sp³-hybridized carbons (Fsp3) is 0.467. The number of carbonyl (C=O) groups is 2. The van der Waals surface area contributed by atoms with Crippen LogP contribution in [0.3, 0.4) is 0 Å². The quantitative estimate of drug-likeness (QED) is 0.878. The van der Waals surface area contributed by atoms with Gasteiger partial charge in [-0.1, -0.05) is 12.1 Å². The lowest BCUT2D eigenvalue weighted by Crippen LogP contribution is -2.73. The van der Waals surface area contributed by atoms with E-state index in [9.17, 15) is 14.7 Å². The van der Waals surface area contributed by atoms with Crippen LogP contribution >= 0.6 is 0 Å². The number of piperazine rings is 1. The molecule has 2 rings (SSSR count). The van der Waals surface area contributed by atoms with Crippen LogP contribution in [0.15, 0.2) is 24.3 Å². The Labute approximate surface area is 124 Å². The Morgan fingerprint density at radius 1 is 1.33 bits per heavy atom. The van der Waals surface area contributed by atoms with Crippen LogP contribution in [0.25, 0.3) is 0 Å². The van der Waals surface area contributed by atoms with E-state index >= 15 is 0 Å². The maximum Gasteiger partial charge on any atom is 0.409 e. The molecule has 0 aliphatic carbocycles. The van der Waals surface area contributed by atoms with Gasteiger partial charge in [-0.05, 0) is 38.6 Å². The number of rotatable bonds is 3. The highest BCUT2D eigenvalue weighted by molar-refractivity contribution is 5.90. The molecule has 6 nitrogen and oxygen atoms in total. The Kier molecular flexibility index (Phi) is 4.18. The summed E-state index contributed by atoms with van der Waals surface area (Å²) in [7, 11) is 1.62. The number of Topliss-reactive ketones (excluding diaryl/α,β-unsaturated/α-hetero) is 1. The molecule has 0 aromatic heterocycles. The van der Waals surface area contributed by atoms with E-state index in [1.54, 1.807) is 7.05 Å². The Morgan fingerprint density at radius 2 is 2.05 bits per heavy atom. The summed E-state index contributed by atoms with van der Waals surface area (Å²) >= 11 is 0. The Bertz CT molecular complexity index is 561. The third kappa shape index (κ3) is 2.71. The Balaban J connectivity index is 2.35. The van der Waals surface area contributed by atoms with Crippen LogP contribution in [0.2, 0.25) is 0 Å². The maximum atomic E-state index is 12.1. The minimum absolute atomic E-state index is 0.204. The van der Waals surface area contributed by atoms with Gasteiger partial charge in [0.2, 0.25) is 0 Å². The predicted molar refractivity (Wildman–Crippen MR) is 80.6 cm³/mol. The van der Waals surface area contributed by atoms with Crippen molar-refractivity contribution >= 4 is 17.6 Å². The number of carboxylic acid groups (broad SMARTS) is 1. The molecule has 0 spiro atoms. The molecule has 1 aromatic rings. The minimum atomic E-state index is -1.20. The van der Waals surface area contributed by atoms with E-state index < -0.39 is 11.8 Å². The smallest absolute Gasteiger partial charge is 0.409 e. The van der Waals surface area contributed by atoms with Crippen LogP contribution in [-0.4, -0.2) is 54.2 Å².